The molecule has 1 aliphatic rings. The number of anilines is 1. The largest absolute Gasteiger partial charge is 0.493 e. The molecule has 0 amide bonds. The second-order valence-electron chi connectivity index (χ2n) is 8.44. The first-order valence-electron chi connectivity index (χ1n) is 10.5. The Morgan fingerprint density at radius 1 is 1.00 bits per heavy atom. The second kappa shape index (κ2) is 8.50. The molecule has 0 N–H and O–H groups in total. The number of ether oxygens (including phenoxy) is 2. The van der Waals surface area contributed by atoms with E-state index in [0.717, 1.165) is 16.8 Å². The Bertz CT molecular complexity index is 1200. The maximum Gasteiger partial charge on any atom is 0.169 e. The summed E-state index contributed by atoms with van der Waals surface area (Å²) in [6.07, 6.45) is 3.77. The van der Waals surface area contributed by atoms with Gasteiger partial charge in [0, 0.05) is 30.1 Å². The Morgan fingerprint density at radius 3 is 2.38 bits per heavy atom. The van der Waals surface area contributed by atoms with Gasteiger partial charge >= 0.3 is 0 Å². The lowest BCUT2D eigenvalue weighted by Crippen LogP contribution is -2.42. The van der Waals surface area contributed by atoms with E-state index in [1.807, 2.05) is 61.6 Å². The fraction of sp³-hybridized carbons (Fsp3) is 0.222. The SMILES string of the molecule is COc1ccccc1Oc1ccc(N=Cc2cc3c(cc2F)N(C)C(C)(C)C=C3C)cc1. The number of halogens is 1. The lowest BCUT2D eigenvalue weighted by molar-refractivity contribution is 0.379. The van der Waals surface area contributed by atoms with E-state index >= 15 is 0 Å². The maximum absolute atomic E-state index is 14.8. The third-order valence-corrected chi connectivity index (χ3v) is 5.82. The Hall–Kier alpha value is -3.60. The molecule has 32 heavy (non-hydrogen) atoms. The number of benzene rings is 3. The van der Waals surface area contributed by atoms with Gasteiger partial charge in [0.2, 0.25) is 0 Å². The average Bonchev–Trinajstić information content (AvgIpc) is 2.77. The summed E-state index contributed by atoms with van der Waals surface area (Å²) in [5, 5.41) is 0. The van der Waals surface area contributed by atoms with E-state index in [-0.39, 0.29) is 11.4 Å². The number of aliphatic imine (C=N–C) groups is 1. The molecule has 0 spiro atoms. The van der Waals surface area contributed by atoms with Crippen LogP contribution in [0.4, 0.5) is 15.8 Å². The normalized spacial score (nSPS) is 14.8. The summed E-state index contributed by atoms with van der Waals surface area (Å²) in [4.78, 5) is 6.56. The Labute approximate surface area is 188 Å². The molecule has 4 nitrogen and oxygen atoms in total. The van der Waals surface area contributed by atoms with Gasteiger partial charge in [0.15, 0.2) is 11.5 Å². The number of likely N-dealkylation sites (N-methyl/N-ethyl adjacent to an activating group) is 1. The molecule has 0 fully saturated rings. The zero-order valence-corrected chi connectivity index (χ0v) is 19.0. The number of fused-ring (bicyclic) bond motifs is 1. The van der Waals surface area contributed by atoms with Gasteiger partial charge in [-0.15, -0.1) is 0 Å². The van der Waals surface area contributed by atoms with Gasteiger partial charge in [-0.2, -0.15) is 0 Å². The Balaban J connectivity index is 1.55. The minimum Gasteiger partial charge on any atom is -0.493 e. The third-order valence-electron chi connectivity index (χ3n) is 5.82. The van der Waals surface area contributed by atoms with E-state index in [4.69, 9.17) is 9.47 Å². The highest BCUT2D eigenvalue weighted by Gasteiger charge is 2.29. The van der Waals surface area contributed by atoms with Crippen LogP contribution < -0.4 is 14.4 Å². The lowest BCUT2D eigenvalue weighted by Gasteiger charge is -2.40. The number of hydrogen-bond acceptors (Lipinski definition) is 4. The zero-order chi connectivity index (χ0) is 22.9. The van der Waals surface area contributed by atoms with Crippen LogP contribution in [0.15, 0.2) is 71.7 Å². The smallest absolute Gasteiger partial charge is 0.169 e. The molecule has 0 unspecified atom stereocenters. The Kier molecular flexibility index (Phi) is 5.74. The van der Waals surface area contributed by atoms with Crippen molar-refractivity contribution in [2.75, 3.05) is 19.1 Å². The number of methoxy groups -OCH3 is 1. The van der Waals surface area contributed by atoms with E-state index in [1.165, 1.54) is 0 Å². The van der Waals surface area contributed by atoms with Gasteiger partial charge < -0.3 is 14.4 Å². The number of allylic oxidation sites excluding steroid dienone is 1. The monoisotopic (exact) mass is 430 g/mol. The van der Waals surface area contributed by atoms with E-state index in [0.29, 0.717) is 28.5 Å². The molecule has 4 rings (SSSR count). The van der Waals surface area contributed by atoms with Crippen LogP contribution in [0.3, 0.4) is 0 Å². The molecular formula is C27H27FN2O2. The van der Waals surface area contributed by atoms with Crippen molar-refractivity contribution in [3.05, 3.63) is 83.7 Å². The first kappa shape index (κ1) is 21.6. The van der Waals surface area contributed by atoms with Crippen molar-refractivity contribution in [3.8, 4) is 17.2 Å². The highest BCUT2D eigenvalue weighted by molar-refractivity contribution is 5.89. The summed E-state index contributed by atoms with van der Waals surface area (Å²) in [6.45, 7) is 6.30. The van der Waals surface area contributed by atoms with Gasteiger partial charge in [-0.1, -0.05) is 18.2 Å². The van der Waals surface area contributed by atoms with Crippen LogP contribution >= 0.6 is 0 Å². The molecule has 0 atom stereocenters. The standard InChI is InChI=1S/C27H27FN2O2/c1-18-16-27(2,3)30(4)24-15-23(28)19(14-22(18)24)17-29-20-10-12-21(13-11-20)32-26-9-7-6-8-25(26)31-5/h6-17H,1-5H3. The fourth-order valence-corrected chi connectivity index (χ4v) is 3.86. The maximum atomic E-state index is 14.8. The second-order valence-corrected chi connectivity index (χ2v) is 8.44. The molecule has 0 aliphatic carbocycles. The van der Waals surface area contributed by atoms with Crippen molar-refractivity contribution in [2.45, 2.75) is 26.3 Å². The average molecular weight is 431 g/mol. The van der Waals surface area contributed by atoms with Crippen molar-refractivity contribution < 1.29 is 13.9 Å². The molecule has 3 aromatic carbocycles. The van der Waals surface area contributed by atoms with Gasteiger partial charge in [-0.3, -0.25) is 4.99 Å². The molecule has 0 radical (unpaired) electrons. The van der Waals surface area contributed by atoms with Gasteiger partial charge in [-0.05, 0) is 74.9 Å². The van der Waals surface area contributed by atoms with Gasteiger partial charge in [0.25, 0.3) is 0 Å². The number of rotatable bonds is 5. The van der Waals surface area contributed by atoms with Crippen LogP contribution in [0.5, 0.6) is 17.2 Å². The minimum atomic E-state index is -0.291. The number of nitrogens with zero attached hydrogens (tertiary/aromatic N) is 2. The Morgan fingerprint density at radius 2 is 1.69 bits per heavy atom. The number of hydrogen-bond donors (Lipinski definition) is 0. The third kappa shape index (κ3) is 4.24. The van der Waals surface area contributed by atoms with Crippen molar-refractivity contribution in [1.29, 1.82) is 0 Å². The summed E-state index contributed by atoms with van der Waals surface area (Å²) in [5.41, 5.74) is 4.06. The molecular weight excluding hydrogens is 403 g/mol. The summed E-state index contributed by atoms with van der Waals surface area (Å²) < 4.78 is 26.0. The first-order chi connectivity index (χ1) is 15.3. The van der Waals surface area contributed by atoms with Gasteiger partial charge in [0.1, 0.15) is 11.6 Å². The molecule has 0 bridgehead atoms. The van der Waals surface area contributed by atoms with Crippen LogP contribution in [0.25, 0.3) is 5.57 Å². The molecule has 164 valence electrons. The summed E-state index contributed by atoms with van der Waals surface area (Å²) in [7, 11) is 3.60. The van der Waals surface area contributed by atoms with E-state index in [2.05, 4.69) is 36.7 Å². The van der Waals surface area contributed by atoms with Gasteiger partial charge in [0.05, 0.1) is 18.3 Å². The molecule has 3 aromatic rings. The molecule has 0 saturated carbocycles. The zero-order valence-electron chi connectivity index (χ0n) is 19.0. The first-order valence-corrected chi connectivity index (χ1v) is 10.5. The van der Waals surface area contributed by atoms with E-state index in [1.54, 1.807) is 19.4 Å². The van der Waals surface area contributed by atoms with Crippen LogP contribution in [-0.4, -0.2) is 25.9 Å². The molecule has 0 saturated heterocycles. The summed E-state index contributed by atoms with van der Waals surface area (Å²) in [6, 6.07) is 18.2. The summed E-state index contributed by atoms with van der Waals surface area (Å²) in [5.74, 6) is 1.68. The lowest BCUT2D eigenvalue weighted by atomic mass is 9.88. The van der Waals surface area contributed by atoms with Crippen LogP contribution in [0.1, 0.15) is 31.9 Å². The van der Waals surface area contributed by atoms with E-state index < -0.39 is 0 Å². The fourth-order valence-electron chi connectivity index (χ4n) is 3.86. The molecule has 0 aromatic heterocycles. The van der Waals surface area contributed by atoms with Crippen molar-refractivity contribution in [2.24, 2.45) is 4.99 Å². The van der Waals surface area contributed by atoms with Crippen molar-refractivity contribution >= 4 is 23.2 Å². The summed E-state index contributed by atoms with van der Waals surface area (Å²) >= 11 is 0. The topological polar surface area (TPSA) is 34.1 Å². The minimum absolute atomic E-state index is 0.160. The van der Waals surface area contributed by atoms with Crippen LogP contribution in [0, 0.1) is 5.82 Å². The number of para-hydroxylation sites is 2. The highest BCUT2D eigenvalue weighted by atomic mass is 19.1. The van der Waals surface area contributed by atoms with Crippen LogP contribution in [0.2, 0.25) is 0 Å². The molecule has 1 aliphatic heterocycles. The highest BCUT2D eigenvalue weighted by Crippen LogP contribution is 2.39. The van der Waals surface area contributed by atoms with E-state index in [9.17, 15) is 4.39 Å². The van der Waals surface area contributed by atoms with Crippen molar-refractivity contribution in [3.63, 3.8) is 0 Å². The van der Waals surface area contributed by atoms with Crippen LogP contribution in [-0.2, 0) is 0 Å². The predicted molar refractivity (Wildman–Crippen MR) is 129 cm³/mol. The molecule has 1 heterocycles. The predicted octanol–water partition coefficient (Wildman–Crippen LogP) is 7.01. The quantitative estimate of drug-likeness (QED) is 0.408. The van der Waals surface area contributed by atoms with Crippen molar-refractivity contribution in [1.82, 2.24) is 0 Å². The molecule has 5 heteroatoms. The van der Waals surface area contributed by atoms with Gasteiger partial charge in [-0.25, -0.2) is 4.39 Å².